The summed E-state index contributed by atoms with van der Waals surface area (Å²) < 4.78 is 44.7. The van der Waals surface area contributed by atoms with Gasteiger partial charge in [-0.2, -0.15) is 0 Å². The molecule has 0 aromatic heterocycles. The monoisotopic (exact) mass is 482 g/mol. The molecule has 2 aromatic carbocycles. The van der Waals surface area contributed by atoms with Crippen molar-refractivity contribution in [1.29, 1.82) is 0 Å². The van der Waals surface area contributed by atoms with Gasteiger partial charge in [-0.05, 0) is 50.5 Å². The lowest BCUT2D eigenvalue weighted by Crippen LogP contribution is -2.42. The first-order valence-electron chi connectivity index (χ1n) is 10.1. The van der Waals surface area contributed by atoms with Gasteiger partial charge < -0.3 is 19.1 Å². The van der Waals surface area contributed by atoms with E-state index in [1.54, 1.807) is 11.0 Å². The number of nitrogens with one attached hydrogen (secondary N) is 1. The predicted octanol–water partition coefficient (Wildman–Crippen LogP) is 4.18. The van der Waals surface area contributed by atoms with Crippen LogP contribution in [0.2, 0.25) is 5.02 Å². The summed E-state index contributed by atoms with van der Waals surface area (Å²) in [5.74, 6) is 0.469. The van der Waals surface area contributed by atoms with Gasteiger partial charge in [-0.15, -0.1) is 0 Å². The van der Waals surface area contributed by atoms with Crippen LogP contribution in [0.5, 0.6) is 17.2 Å². The number of ether oxygens (including phenoxy) is 3. The van der Waals surface area contributed by atoms with E-state index in [0.29, 0.717) is 12.3 Å². The van der Waals surface area contributed by atoms with E-state index in [4.69, 9.17) is 25.8 Å². The molecule has 0 unspecified atom stereocenters. The molecule has 0 radical (unpaired) electrons. The number of anilines is 1. The molecule has 1 atom stereocenters. The van der Waals surface area contributed by atoms with E-state index < -0.39 is 10.0 Å². The number of carbonyl (C=O) groups is 1. The highest BCUT2D eigenvalue weighted by Gasteiger charge is 2.28. The van der Waals surface area contributed by atoms with Crippen molar-refractivity contribution in [1.82, 2.24) is 4.90 Å². The molecular weight excluding hydrogens is 456 g/mol. The molecule has 174 valence electrons. The molecule has 2 aromatic rings. The lowest BCUT2D eigenvalue weighted by Gasteiger charge is -2.33. The molecule has 8 nitrogen and oxygen atoms in total. The zero-order valence-corrected chi connectivity index (χ0v) is 20.0. The van der Waals surface area contributed by atoms with Crippen LogP contribution in [-0.4, -0.2) is 53.1 Å². The summed E-state index contributed by atoms with van der Waals surface area (Å²) in [6.45, 7) is 2.65. The van der Waals surface area contributed by atoms with E-state index in [2.05, 4.69) is 4.72 Å². The fourth-order valence-corrected chi connectivity index (χ4v) is 5.22. The van der Waals surface area contributed by atoms with Crippen molar-refractivity contribution in [2.24, 2.45) is 0 Å². The summed E-state index contributed by atoms with van der Waals surface area (Å²) >= 11 is 6.17. The van der Waals surface area contributed by atoms with Gasteiger partial charge in [-0.25, -0.2) is 8.42 Å². The third-order valence-electron chi connectivity index (χ3n) is 5.48. The summed E-state index contributed by atoms with van der Waals surface area (Å²) in [6.07, 6.45) is 2.92. The maximum absolute atomic E-state index is 13.3. The Balaban J connectivity index is 1.99. The highest BCUT2D eigenvalue weighted by molar-refractivity contribution is 7.92. The number of hydrogen-bond acceptors (Lipinski definition) is 6. The molecule has 0 saturated carbocycles. The molecule has 1 heterocycles. The Bertz CT molecular complexity index is 1110. The van der Waals surface area contributed by atoms with Gasteiger partial charge in [0.1, 0.15) is 22.1 Å². The van der Waals surface area contributed by atoms with Crippen molar-refractivity contribution in [2.45, 2.75) is 37.1 Å². The minimum atomic E-state index is -4.15. The highest BCUT2D eigenvalue weighted by Crippen LogP contribution is 2.38. The third-order valence-corrected chi connectivity index (χ3v) is 7.16. The minimum absolute atomic E-state index is 0.0993. The number of halogens is 1. The summed E-state index contributed by atoms with van der Waals surface area (Å²) in [6, 6.07) is 7.37. The first-order chi connectivity index (χ1) is 15.2. The molecule has 3 rings (SSSR count). The second-order valence-corrected chi connectivity index (χ2v) is 9.56. The average Bonchev–Trinajstić information content (AvgIpc) is 2.78. The Morgan fingerprint density at radius 2 is 1.72 bits per heavy atom. The van der Waals surface area contributed by atoms with Crippen molar-refractivity contribution in [3.8, 4) is 17.2 Å². The Kier molecular flexibility index (Phi) is 7.40. The number of nitrogens with zero attached hydrogens (tertiary/aromatic N) is 1. The van der Waals surface area contributed by atoms with E-state index in [1.807, 2.05) is 6.92 Å². The van der Waals surface area contributed by atoms with Crippen LogP contribution in [0.3, 0.4) is 0 Å². The van der Waals surface area contributed by atoms with Crippen LogP contribution < -0.4 is 18.9 Å². The molecule has 1 saturated heterocycles. The number of carbonyl (C=O) groups excluding carboxylic acids is 1. The molecular formula is C22H27ClN2O6S. The van der Waals surface area contributed by atoms with Crippen LogP contribution in [0.25, 0.3) is 0 Å². The van der Waals surface area contributed by atoms with E-state index in [-0.39, 0.29) is 44.6 Å². The standard InChI is InChI=1S/C22H27ClN2O6S/c1-14-7-5-6-10-25(14)22(26)15-8-9-18(29-2)21(11-15)32(27,28)24-17-12-16(23)19(30-3)13-20(17)31-4/h8-9,11-14,24H,5-7,10H2,1-4H3/t14-/m0/s1. The zero-order chi connectivity index (χ0) is 23.5. The molecule has 10 heteroatoms. The first-order valence-corrected chi connectivity index (χ1v) is 12.0. The maximum atomic E-state index is 13.3. The molecule has 1 N–H and O–H groups in total. The van der Waals surface area contributed by atoms with Gasteiger partial charge >= 0.3 is 0 Å². The van der Waals surface area contributed by atoms with Gasteiger partial charge in [-0.3, -0.25) is 9.52 Å². The Morgan fingerprint density at radius 1 is 1.03 bits per heavy atom. The third kappa shape index (κ3) is 4.88. The Hall–Kier alpha value is -2.65. The lowest BCUT2D eigenvalue weighted by molar-refractivity contribution is 0.0635. The molecule has 1 amide bonds. The van der Waals surface area contributed by atoms with Crippen LogP contribution in [0.1, 0.15) is 36.5 Å². The second-order valence-electron chi connectivity index (χ2n) is 7.50. The summed E-state index contributed by atoms with van der Waals surface area (Å²) in [5.41, 5.74) is 0.404. The van der Waals surface area contributed by atoms with E-state index >= 15 is 0 Å². The fraction of sp³-hybridized carbons (Fsp3) is 0.409. The quantitative estimate of drug-likeness (QED) is 0.636. The summed E-state index contributed by atoms with van der Waals surface area (Å²) in [5, 5.41) is 0.209. The van der Waals surface area contributed by atoms with Gasteiger partial charge in [0.25, 0.3) is 15.9 Å². The molecule has 1 aliphatic heterocycles. The summed E-state index contributed by atoms with van der Waals surface area (Å²) in [7, 11) is 0.0664. The SMILES string of the molecule is COc1cc(OC)c(NS(=O)(=O)c2cc(C(=O)N3CCCC[C@@H]3C)ccc2OC)cc1Cl. The van der Waals surface area contributed by atoms with E-state index in [1.165, 1.54) is 45.6 Å². The van der Waals surface area contributed by atoms with Gasteiger partial charge in [0.2, 0.25) is 0 Å². The Labute approximate surface area is 193 Å². The number of likely N-dealkylation sites (tertiary alicyclic amines) is 1. The molecule has 0 spiro atoms. The number of piperidine rings is 1. The van der Waals surface area contributed by atoms with Crippen LogP contribution in [-0.2, 0) is 10.0 Å². The van der Waals surface area contributed by atoms with Gasteiger partial charge in [0.05, 0.1) is 32.0 Å². The van der Waals surface area contributed by atoms with Gasteiger partial charge in [0.15, 0.2) is 0 Å². The average molecular weight is 483 g/mol. The van der Waals surface area contributed by atoms with Crippen LogP contribution in [0, 0.1) is 0 Å². The van der Waals surface area contributed by atoms with Crippen molar-refractivity contribution in [3.63, 3.8) is 0 Å². The smallest absolute Gasteiger partial charge is 0.265 e. The lowest BCUT2D eigenvalue weighted by atomic mass is 10.0. The van der Waals surface area contributed by atoms with Crippen molar-refractivity contribution < 1.29 is 27.4 Å². The predicted molar refractivity (Wildman–Crippen MR) is 123 cm³/mol. The largest absolute Gasteiger partial charge is 0.495 e. The summed E-state index contributed by atoms with van der Waals surface area (Å²) in [4.78, 5) is 14.7. The van der Waals surface area contributed by atoms with Gasteiger partial charge in [0, 0.05) is 24.2 Å². The number of amides is 1. The normalized spacial score (nSPS) is 16.4. The van der Waals surface area contributed by atoms with E-state index in [9.17, 15) is 13.2 Å². The number of methoxy groups -OCH3 is 3. The molecule has 1 fully saturated rings. The number of hydrogen-bond donors (Lipinski definition) is 1. The molecule has 32 heavy (non-hydrogen) atoms. The first kappa shape index (κ1) is 24.0. The molecule has 0 aliphatic carbocycles. The van der Waals surface area contributed by atoms with Crippen molar-refractivity contribution >= 4 is 33.2 Å². The van der Waals surface area contributed by atoms with Gasteiger partial charge in [-0.1, -0.05) is 11.6 Å². The number of rotatable bonds is 7. The highest BCUT2D eigenvalue weighted by atomic mass is 35.5. The van der Waals surface area contributed by atoms with Crippen LogP contribution in [0.4, 0.5) is 5.69 Å². The fourth-order valence-electron chi connectivity index (χ4n) is 3.72. The van der Waals surface area contributed by atoms with Crippen LogP contribution in [0.15, 0.2) is 35.2 Å². The number of benzene rings is 2. The topological polar surface area (TPSA) is 94.2 Å². The van der Waals surface area contributed by atoms with E-state index in [0.717, 1.165) is 19.3 Å². The minimum Gasteiger partial charge on any atom is -0.495 e. The van der Waals surface area contributed by atoms with Crippen LogP contribution >= 0.6 is 11.6 Å². The molecule has 0 bridgehead atoms. The number of sulfonamides is 1. The molecule has 1 aliphatic rings. The van der Waals surface area contributed by atoms with Crippen molar-refractivity contribution in [3.05, 3.63) is 40.9 Å². The van der Waals surface area contributed by atoms with Crippen molar-refractivity contribution in [2.75, 3.05) is 32.6 Å². The Morgan fingerprint density at radius 3 is 2.34 bits per heavy atom. The second kappa shape index (κ2) is 9.87. The zero-order valence-electron chi connectivity index (χ0n) is 18.5. The maximum Gasteiger partial charge on any atom is 0.265 e.